The van der Waals surface area contributed by atoms with E-state index in [1.807, 2.05) is 0 Å². The highest BCUT2D eigenvalue weighted by atomic mass is 35.5. The van der Waals surface area contributed by atoms with Crippen LogP contribution in [0.4, 0.5) is 5.69 Å². The van der Waals surface area contributed by atoms with Gasteiger partial charge in [0.05, 0.1) is 15.5 Å². The third kappa shape index (κ3) is 2.25. The summed E-state index contributed by atoms with van der Waals surface area (Å²) in [5.74, 6) is 0. The standard InChI is InChI=1S/C12H7Cl2NO2/c13-9-5-2-1-4-8(9)12-10(14)6-3-7-11(12)15(16)17/h1-7H. The first kappa shape index (κ1) is 11.9. The molecule has 17 heavy (non-hydrogen) atoms. The van der Waals surface area contributed by atoms with Gasteiger partial charge in [-0.3, -0.25) is 10.1 Å². The Hall–Kier alpha value is -1.58. The number of rotatable bonds is 2. The van der Waals surface area contributed by atoms with Gasteiger partial charge in [-0.15, -0.1) is 0 Å². The molecule has 0 aromatic heterocycles. The van der Waals surface area contributed by atoms with Crippen molar-refractivity contribution < 1.29 is 4.92 Å². The molecule has 0 aliphatic rings. The first-order valence-corrected chi connectivity index (χ1v) is 5.54. The second kappa shape index (κ2) is 4.73. The van der Waals surface area contributed by atoms with Gasteiger partial charge >= 0.3 is 0 Å². The Kier molecular flexibility index (Phi) is 3.31. The fraction of sp³-hybridized carbons (Fsp3) is 0. The van der Waals surface area contributed by atoms with Crippen LogP contribution in [0.2, 0.25) is 10.0 Å². The van der Waals surface area contributed by atoms with Gasteiger partial charge in [0.1, 0.15) is 0 Å². The number of nitro groups is 1. The van der Waals surface area contributed by atoms with E-state index in [2.05, 4.69) is 0 Å². The van der Waals surface area contributed by atoms with E-state index in [-0.39, 0.29) is 5.69 Å². The Morgan fingerprint density at radius 1 is 0.941 bits per heavy atom. The topological polar surface area (TPSA) is 43.1 Å². The lowest BCUT2D eigenvalue weighted by molar-refractivity contribution is -0.384. The zero-order valence-electron chi connectivity index (χ0n) is 8.56. The van der Waals surface area contributed by atoms with E-state index in [9.17, 15) is 10.1 Å². The lowest BCUT2D eigenvalue weighted by atomic mass is 10.0. The number of nitrogens with zero attached hydrogens (tertiary/aromatic N) is 1. The summed E-state index contributed by atoms with van der Waals surface area (Å²) >= 11 is 12.0. The van der Waals surface area contributed by atoms with Gasteiger partial charge in [-0.25, -0.2) is 0 Å². The third-order valence-corrected chi connectivity index (χ3v) is 2.98. The zero-order valence-corrected chi connectivity index (χ0v) is 10.1. The molecule has 2 aromatic carbocycles. The highest BCUT2D eigenvalue weighted by Crippen LogP contribution is 2.39. The molecule has 5 heteroatoms. The van der Waals surface area contributed by atoms with Gasteiger partial charge in [-0.05, 0) is 12.1 Å². The van der Waals surface area contributed by atoms with Crippen molar-refractivity contribution in [1.29, 1.82) is 0 Å². The monoisotopic (exact) mass is 267 g/mol. The quantitative estimate of drug-likeness (QED) is 0.591. The van der Waals surface area contributed by atoms with Crippen molar-refractivity contribution in [3.8, 4) is 11.1 Å². The van der Waals surface area contributed by atoms with Gasteiger partial charge in [-0.2, -0.15) is 0 Å². The molecule has 0 aliphatic carbocycles. The molecular weight excluding hydrogens is 261 g/mol. The van der Waals surface area contributed by atoms with E-state index < -0.39 is 4.92 Å². The summed E-state index contributed by atoms with van der Waals surface area (Å²) < 4.78 is 0. The average Bonchev–Trinajstić information content (AvgIpc) is 2.30. The minimum absolute atomic E-state index is 0.0504. The van der Waals surface area contributed by atoms with Crippen LogP contribution in [0.3, 0.4) is 0 Å². The Balaban J connectivity index is 2.75. The van der Waals surface area contributed by atoms with Gasteiger partial charge in [0.15, 0.2) is 0 Å². The summed E-state index contributed by atoms with van der Waals surface area (Å²) in [4.78, 5) is 10.5. The maximum Gasteiger partial charge on any atom is 0.278 e. The summed E-state index contributed by atoms with van der Waals surface area (Å²) in [5.41, 5.74) is 0.863. The number of hydrogen-bond donors (Lipinski definition) is 0. The van der Waals surface area contributed by atoms with E-state index in [1.165, 1.54) is 6.07 Å². The molecular formula is C12H7Cl2NO2. The van der Waals surface area contributed by atoms with E-state index in [0.29, 0.717) is 21.2 Å². The largest absolute Gasteiger partial charge is 0.278 e. The Morgan fingerprint density at radius 2 is 1.59 bits per heavy atom. The van der Waals surface area contributed by atoms with Crippen molar-refractivity contribution in [3.63, 3.8) is 0 Å². The molecule has 0 N–H and O–H groups in total. The highest BCUT2D eigenvalue weighted by Gasteiger charge is 2.19. The number of benzene rings is 2. The van der Waals surface area contributed by atoms with Crippen LogP contribution in [0.25, 0.3) is 11.1 Å². The SMILES string of the molecule is O=[N+]([O-])c1cccc(Cl)c1-c1ccccc1Cl. The Labute approximate surface area is 108 Å². The van der Waals surface area contributed by atoms with E-state index in [4.69, 9.17) is 23.2 Å². The lowest BCUT2D eigenvalue weighted by Crippen LogP contribution is -1.93. The molecule has 0 spiro atoms. The Bertz CT molecular complexity index is 584. The van der Waals surface area contributed by atoms with Crippen molar-refractivity contribution >= 4 is 28.9 Å². The molecule has 0 fully saturated rings. The van der Waals surface area contributed by atoms with E-state index >= 15 is 0 Å². The first-order valence-electron chi connectivity index (χ1n) is 4.79. The van der Waals surface area contributed by atoms with Gasteiger partial charge in [0.2, 0.25) is 0 Å². The van der Waals surface area contributed by atoms with Crippen LogP contribution >= 0.6 is 23.2 Å². The molecule has 0 radical (unpaired) electrons. The fourth-order valence-electron chi connectivity index (χ4n) is 1.60. The third-order valence-electron chi connectivity index (χ3n) is 2.33. The molecule has 86 valence electrons. The summed E-state index contributed by atoms with van der Waals surface area (Å²) in [6.45, 7) is 0. The van der Waals surface area contributed by atoms with Gasteiger partial charge in [0, 0.05) is 16.7 Å². The summed E-state index contributed by atoms with van der Waals surface area (Å²) in [6, 6.07) is 11.4. The van der Waals surface area contributed by atoms with Crippen molar-refractivity contribution in [2.24, 2.45) is 0 Å². The Morgan fingerprint density at radius 3 is 2.24 bits per heavy atom. The molecule has 0 heterocycles. The van der Waals surface area contributed by atoms with E-state index in [1.54, 1.807) is 36.4 Å². The predicted molar refractivity (Wildman–Crippen MR) is 68.6 cm³/mol. The lowest BCUT2D eigenvalue weighted by Gasteiger charge is -2.07. The van der Waals surface area contributed by atoms with Crippen LogP contribution in [0.1, 0.15) is 0 Å². The van der Waals surface area contributed by atoms with Crippen LogP contribution in [0, 0.1) is 10.1 Å². The summed E-state index contributed by atoms with van der Waals surface area (Å²) in [5, 5.41) is 11.7. The second-order valence-corrected chi connectivity index (χ2v) is 4.19. The maximum absolute atomic E-state index is 11.0. The molecule has 0 aliphatic heterocycles. The van der Waals surface area contributed by atoms with Gasteiger partial charge in [-0.1, -0.05) is 47.5 Å². The molecule has 0 amide bonds. The molecule has 2 rings (SSSR count). The number of nitro benzene ring substituents is 1. The highest BCUT2D eigenvalue weighted by molar-refractivity contribution is 6.37. The summed E-state index contributed by atoms with van der Waals surface area (Å²) in [6.07, 6.45) is 0. The van der Waals surface area contributed by atoms with Crippen LogP contribution in [-0.4, -0.2) is 4.92 Å². The minimum Gasteiger partial charge on any atom is -0.258 e. The second-order valence-electron chi connectivity index (χ2n) is 3.37. The van der Waals surface area contributed by atoms with Crippen LogP contribution < -0.4 is 0 Å². The number of halogens is 2. The summed E-state index contributed by atoms with van der Waals surface area (Å²) in [7, 11) is 0. The minimum atomic E-state index is -0.468. The molecule has 0 bridgehead atoms. The molecule has 3 nitrogen and oxygen atoms in total. The van der Waals surface area contributed by atoms with Crippen LogP contribution in [0.15, 0.2) is 42.5 Å². The zero-order chi connectivity index (χ0) is 12.4. The average molecular weight is 268 g/mol. The van der Waals surface area contributed by atoms with Gasteiger partial charge in [0.25, 0.3) is 5.69 Å². The molecule has 2 aromatic rings. The van der Waals surface area contributed by atoms with Crippen LogP contribution in [-0.2, 0) is 0 Å². The molecule has 0 saturated carbocycles. The van der Waals surface area contributed by atoms with E-state index in [0.717, 1.165) is 0 Å². The van der Waals surface area contributed by atoms with Crippen molar-refractivity contribution in [2.45, 2.75) is 0 Å². The van der Waals surface area contributed by atoms with Crippen molar-refractivity contribution in [1.82, 2.24) is 0 Å². The number of hydrogen-bond acceptors (Lipinski definition) is 2. The van der Waals surface area contributed by atoms with Crippen molar-refractivity contribution in [2.75, 3.05) is 0 Å². The van der Waals surface area contributed by atoms with Gasteiger partial charge < -0.3 is 0 Å². The normalized spacial score (nSPS) is 10.2. The maximum atomic E-state index is 11.0. The molecule has 0 unspecified atom stereocenters. The van der Waals surface area contributed by atoms with Crippen molar-refractivity contribution in [3.05, 3.63) is 62.6 Å². The molecule has 0 atom stereocenters. The molecule has 0 saturated heterocycles. The predicted octanol–water partition coefficient (Wildman–Crippen LogP) is 4.57. The van der Waals surface area contributed by atoms with Crippen LogP contribution in [0.5, 0.6) is 0 Å². The fourth-order valence-corrected chi connectivity index (χ4v) is 2.10. The first-order chi connectivity index (χ1) is 8.11. The smallest absolute Gasteiger partial charge is 0.258 e.